The molecule has 0 aliphatic rings. The molecule has 0 unspecified atom stereocenters. The van der Waals surface area contributed by atoms with Crippen LogP contribution in [0, 0.1) is 0 Å². The second-order valence-corrected chi connectivity index (χ2v) is 3.80. The molecule has 0 aromatic heterocycles. The molecule has 6 heteroatoms. The van der Waals surface area contributed by atoms with Crippen molar-refractivity contribution in [3.8, 4) is 0 Å². The lowest BCUT2D eigenvalue weighted by atomic mass is 10.1. The van der Waals surface area contributed by atoms with Crippen molar-refractivity contribution < 1.29 is 28.4 Å². The van der Waals surface area contributed by atoms with Crippen LogP contribution in [-0.4, -0.2) is 54.6 Å². The van der Waals surface area contributed by atoms with Gasteiger partial charge < -0.3 is 28.4 Å². The topological polar surface area (TPSA) is 55.4 Å². The van der Waals surface area contributed by atoms with E-state index in [1.165, 1.54) is 0 Å². The van der Waals surface area contributed by atoms with E-state index >= 15 is 0 Å². The molecular formula is C12H26O6. The summed E-state index contributed by atoms with van der Waals surface area (Å²) in [4.78, 5) is 0. The Morgan fingerprint density at radius 2 is 0.722 bits per heavy atom. The van der Waals surface area contributed by atoms with E-state index in [9.17, 15) is 0 Å². The van der Waals surface area contributed by atoms with Crippen LogP contribution >= 0.6 is 0 Å². The highest BCUT2D eigenvalue weighted by Crippen LogP contribution is 2.24. The highest BCUT2D eigenvalue weighted by atomic mass is 16.9. The fourth-order valence-electron chi connectivity index (χ4n) is 1.80. The van der Waals surface area contributed by atoms with Gasteiger partial charge in [0.1, 0.15) is 0 Å². The van der Waals surface area contributed by atoms with E-state index in [0.29, 0.717) is 12.8 Å². The molecule has 0 fully saturated rings. The Balaban J connectivity index is 4.11. The summed E-state index contributed by atoms with van der Waals surface area (Å²) in [7, 11) is 9.31. The van der Waals surface area contributed by atoms with E-state index in [2.05, 4.69) is 0 Å². The fourth-order valence-corrected chi connectivity index (χ4v) is 1.80. The number of unbranched alkanes of at least 4 members (excludes halogenated alkanes) is 1. The third-order valence-corrected chi connectivity index (χ3v) is 3.08. The maximum Gasteiger partial charge on any atom is 0.282 e. The fraction of sp³-hybridized carbons (Fsp3) is 1.00. The van der Waals surface area contributed by atoms with Gasteiger partial charge in [-0.1, -0.05) is 0 Å². The standard InChI is InChI=1S/C12H26O6/c1-13-11(14-2,15-3)9-7-8-10-12(16-4,17-5)18-6/h7-10H2,1-6H3. The molecule has 0 N–H and O–H groups in total. The molecule has 0 radical (unpaired) electrons. The predicted octanol–water partition coefficient (Wildman–Crippen LogP) is 1.73. The van der Waals surface area contributed by atoms with Gasteiger partial charge in [0.2, 0.25) is 0 Å². The Kier molecular flexibility index (Phi) is 8.67. The average Bonchev–Trinajstić information content (AvgIpc) is 2.45. The van der Waals surface area contributed by atoms with Gasteiger partial charge in [-0.15, -0.1) is 0 Å². The zero-order chi connectivity index (χ0) is 14.1. The summed E-state index contributed by atoms with van der Waals surface area (Å²) in [5.41, 5.74) is 0. The summed E-state index contributed by atoms with van der Waals surface area (Å²) in [5, 5.41) is 0. The SMILES string of the molecule is COC(CCCCC(OC)(OC)OC)(OC)OC. The van der Waals surface area contributed by atoms with E-state index in [0.717, 1.165) is 12.8 Å². The molecule has 0 bridgehead atoms. The first kappa shape index (κ1) is 17.8. The largest absolute Gasteiger partial charge is 0.331 e. The monoisotopic (exact) mass is 266 g/mol. The van der Waals surface area contributed by atoms with Crippen molar-refractivity contribution in [2.75, 3.05) is 42.7 Å². The van der Waals surface area contributed by atoms with E-state index in [-0.39, 0.29) is 0 Å². The lowest BCUT2D eigenvalue weighted by molar-refractivity contribution is -0.361. The second kappa shape index (κ2) is 8.79. The molecule has 0 aliphatic carbocycles. The molecular weight excluding hydrogens is 240 g/mol. The van der Waals surface area contributed by atoms with Crippen LogP contribution in [0.2, 0.25) is 0 Å². The van der Waals surface area contributed by atoms with Crippen molar-refractivity contribution in [3.63, 3.8) is 0 Å². The van der Waals surface area contributed by atoms with Gasteiger partial charge in [0.05, 0.1) is 0 Å². The van der Waals surface area contributed by atoms with E-state index < -0.39 is 11.9 Å². The maximum atomic E-state index is 5.21. The van der Waals surface area contributed by atoms with Crippen LogP contribution in [0.1, 0.15) is 25.7 Å². The zero-order valence-corrected chi connectivity index (χ0v) is 12.3. The van der Waals surface area contributed by atoms with Gasteiger partial charge in [0.25, 0.3) is 11.9 Å². The Hall–Kier alpha value is -0.240. The Bertz CT molecular complexity index is 162. The quantitative estimate of drug-likeness (QED) is 0.419. The van der Waals surface area contributed by atoms with Crippen LogP contribution in [0.3, 0.4) is 0 Å². The van der Waals surface area contributed by atoms with Gasteiger partial charge in [-0.2, -0.15) is 0 Å². The summed E-state index contributed by atoms with van der Waals surface area (Å²) in [6, 6.07) is 0. The van der Waals surface area contributed by atoms with E-state index in [1.807, 2.05) is 0 Å². The van der Waals surface area contributed by atoms with Gasteiger partial charge in [-0.05, 0) is 12.8 Å². The molecule has 0 rings (SSSR count). The first-order chi connectivity index (χ1) is 8.57. The molecule has 110 valence electrons. The van der Waals surface area contributed by atoms with Gasteiger partial charge >= 0.3 is 0 Å². The molecule has 18 heavy (non-hydrogen) atoms. The van der Waals surface area contributed by atoms with Gasteiger partial charge in [-0.25, -0.2) is 0 Å². The summed E-state index contributed by atoms with van der Waals surface area (Å²) < 4.78 is 31.3. The summed E-state index contributed by atoms with van der Waals surface area (Å²) in [6.45, 7) is 0. The summed E-state index contributed by atoms with van der Waals surface area (Å²) in [5.74, 6) is -1.95. The minimum absolute atomic E-state index is 0.615. The summed E-state index contributed by atoms with van der Waals surface area (Å²) >= 11 is 0. The number of ether oxygens (including phenoxy) is 6. The molecule has 0 aromatic carbocycles. The van der Waals surface area contributed by atoms with Crippen LogP contribution in [-0.2, 0) is 28.4 Å². The Morgan fingerprint density at radius 3 is 0.889 bits per heavy atom. The van der Waals surface area contributed by atoms with Crippen molar-refractivity contribution in [1.82, 2.24) is 0 Å². The lowest BCUT2D eigenvalue weighted by Crippen LogP contribution is -2.37. The normalized spacial score (nSPS) is 13.0. The first-order valence-electron chi connectivity index (χ1n) is 5.88. The Morgan fingerprint density at radius 1 is 0.500 bits per heavy atom. The molecule has 0 aliphatic heterocycles. The van der Waals surface area contributed by atoms with Crippen LogP contribution in [0.15, 0.2) is 0 Å². The molecule has 0 saturated heterocycles. The molecule has 0 saturated carbocycles. The van der Waals surface area contributed by atoms with Crippen molar-refractivity contribution in [2.45, 2.75) is 37.6 Å². The van der Waals surface area contributed by atoms with E-state index in [1.54, 1.807) is 42.7 Å². The van der Waals surface area contributed by atoms with Crippen molar-refractivity contribution in [3.05, 3.63) is 0 Å². The minimum Gasteiger partial charge on any atom is -0.331 e. The van der Waals surface area contributed by atoms with Gasteiger partial charge in [0.15, 0.2) is 0 Å². The summed E-state index contributed by atoms with van der Waals surface area (Å²) in [6.07, 6.45) is 2.88. The first-order valence-corrected chi connectivity index (χ1v) is 5.88. The van der Waals surface area contributed by atoms with Gasteiger partial charge in [-0.3, -0.25) is 0 Å². The van der Waals surface area contributed by atoms with Crippen LogP contribution in [0.4, 0.5) is 0 Å². The highest BCUT2D eigenvalue weighted by molar-refractivity contribution is 4.60. The maximum absolute atomic E-state index is 5.21. The number of rotatable bonds is 11. The van der Waals surface area contributed by atoms with Crippen LogP contribution in [0.5, 0.6) is 0 Å². The number of methoxy groups -OCH3 is 6. The lowest BCUT2D eigenvalue weighted by Gasteiger charge is -2.30. The molecule has 6 nitrogen and oxygen atoms in total. The average molecular weight is 266 g/mol. The van der Waals surface area contributed by atoms with Gasteiger partial charge in [0, 0.05) is 55.5 Å². The van der Waals surface area contributed by atoms with E-state index in [4.69, 9.17) is 28.4 Å². The molecule has 0 atom stereocenters. The minimum atomic E-state index is -0.976. The molecule has 0 spiro atoms. The molecule has 0 amide bonds. The molecule has 0 aromatic rings. The second-order valence-electron chi connectivity index (χ2n) is 3.80. The van der Waals surface area contributed by atoms with Crippen molar-refractivity contribution >= 4 is 0 Å². The van der Waals surface area contributed by atoms with Crippen molar-refractivity contribution in [1.29, 1.82) is 0 Å². The van der Waals surface area contributed by atoms with Crippen LogP contribution < -0.4 is 0 Å². The smallest absolute Gasteiger partial charge is 0.282 e. The zero-order valence-electron chi connectivity index (χ0n) is 12.3. The highest BCUT2D eigenvalue weighted by Gasteiger charge is 2.31. The third-order valence-electron chi connectivity index (χ3n) is 3.08. The number of hydrogen-bond donors (Lipinski definition) is 0. The predicted molar refractivity (Wildman–Crippen MR) is 66.0 cm³/mol. The molecule has 0 heterocycles. The Labute approximate surface area is 109 Å². The van der Waals surface area contributed by atoms with Crippen LogP contribution in [0.25, 0.3) is 0 Å². The van der Waals surface area contributed by atoms with Crippen molar-refractivity contribution in [2.24, 2.45) is 0 Å². The third kappa shape index (κ3) is 4.79. The number of hydrogen-bond acceptors (Lipinski definition) is 6.